The number of aryl methyl sites for hydroxylation is 2. The van der Waals surface area contributed by atoms with E-state index in [1.165, 1.54) is 11.1 Å². The van der Waals surface area contributed by atoms with Crippen molar-refractivity contribution in [2.75, 3.05) is 57.0 Å². The Morgan fingerprint density at radius 3 is 2.41 bits per heavy atom. The lowest BCUT2D eigenvalue weighted by Gasteiger charge is -2.31. The molecule has 9 heteroatoms. The topological polar surface area (TPSA) is 88.2 Å². The Morgan fingerprint density at radius 2 is 1.73 bits per heavy atom. The standard InChI is InChI=1S/C28H38N6O3/c1-5-29-12-13-33(19-28(37)32(4)34-17-22-8-6-7-9-23(22)18-34)27(36)16-30-24-15-21-10-11-26(35)31(3)25(21)14-20(24)2/h6-9,14-15,29-30H,5,10-13,16-19H2,1-4H3. The number of carbonyl (C=O) groups excluding carboxylic acids is 3. The second-order valence-corrected chi connectivity index (χ2v) is 9.78. The third kappa shape index (κ3) is 6.11. The predicted octanol–water partition coefficient (Wildman–Crippen LogP) is 2.14. The number of hydrogen-bond acceptors (Lipinski definition) is 6. The number of fused-ring (bicyclic) bond motifs is 2. The van der Waals surface area contributed by atoms with Crippen molar-refractivity contribution in [2.24, 2.45) is 0 Å². The molecule has 2 N–H and O–H groups in total. The average molecular weight is 507 g/mol. The molecule has 0 fully saturated rings. The van der Waals surface area contributed by atoms with Crippen LogP contribution >= 0.6 is 0 Å². The van der Waals surface area contributed by atoms with Crippen LogP contribution in [0.25, 0.3) is 0 Å². The number of benzene rings is 2. The van der Waals surface area contributed by atoms with Crippen LogP contribution in [0.2, 0.25) is 0 Å². The van der Waals surface area contributed by atoms with E-state index in [0.717, 1.165) is 29.0 Å². The van der Waals surface area contributed by atoms with E-state index in [2.05, 4.69) is 22.8 Å². The van der Waals surface area contributed by atoms with Gasteiger partial charge < -0.3 is 20.4 Å². The summed E-state index contributed by atoms with van der Waals surface area (Å²) in [5.74, 6) is -0.129. The van der Waals surface area contributed by atoms with Crippen LogP contribution in [0.4, 0.5) is 11.4 Å². The van der Waals surface area contributed by atoms with Crippen LogP contribution in [-0.4, -0.2) is 79.5 Å². The van der Waals surface area contributed by atoms with E-state index < -0.39 is 0 Å². The zero-order valence-electron chi connectivity index (χ0n) is 22.3. The SMILES string of the molecule is CCNCCN(CC(=O)N(C)N1Cc2ccccc2C1)C(=O)CNc1cc2c(cc1C)N(C)C(=O)CC2. The molecule has 37 heavy (non-hydrogen) atoms. The highest BCUT2D eigenvalue weighted by atomic mass is 16.2. The molecule has 0 atom stereocenters. The van der Waals surface area contributed by atoms with Gasteiger partial charge in [-0.25, -0.2) is 5.01 Å². The number of hydrogen-bond donors (Lipinski definition) is 2. The van der Waals surface area contributed by atoms with Gasteiger partial charge in [-0.05, 0) is 54.3 Å². The van der Waals surface area contributed by atoms with Gasteiger partial charge in [-0.3, -0.25) is 19.4 Å². The van der Waals surface area contributed by atoms with Gasteiger partial charge in [0.2, 0.25) is 11.8 Å². The number of nitrogens with one attached hydrogen (secondary N) is 2. The number of carbonyl (C=O) groups is 3. The molecule has 0 saturated heterocycles. The van der Waals surface area contributed by atoms with Crippen molar-refractivity contribution in [3.8, 4) is 0 Å². The molecular formula is C28H38N6O3. The molecule has 198 valence electrons. The Hall–Kier alpha value is -3.43. The van der Waals surface area contributed by atoms with Crippen LogP contribution in [0.5, 0.6) is 0 Å². The first-order valence-corrected chi connectivity index (χ1v) is 13.0. The maximum absolute atomic E-state index is 13.3. The van der Waals surface area contributed by atoms with E-state index in [1.807, 2.05) is 43.1 Å². The monoisotopic (exact) mass is 506 g/mol. The molecule has 0 bridgehead atoms. The summed E-state index contributed by atoms with van der Waals surface area (Å²) in [6, 6.07) is 12.2. The maximum atomic E-state index is 13.3. The van der Waals surface area contributed by atoms with E-state index in [4.69, 9.17) is 0 Å². The van der Waals surface area contributed by atoms with Gasteiger partial charge in [-0.1, -0.05) is 31.2 Å². The molecule has 9 nitrogen and oxygen atoms in total. The quantitative estimate of drug-likeness (QED) is 0.480. The van der Waals surface area contributed by atoms with Crippen LogP contribution in [-0.2, 0) is 33.9 Å². The van der Waals surface area contributed by atoms with Gasteiger partial charge in [0.25, 0.3) is 5.91 Å². The van der Waals surface area contributed by atoms with Crippen LogP contribution in [0.15, 0.2) is 36.4 Å². The molecule has 2 aliphatic rings. The van der Waals surface area contributed by atoms with Gasteiger partial charge in [0, 0.05) is 58.1 Å². The van der Waals surface area contributed by atoms with E-state index in [0.29, 0.717) is 39.0 Å². The molecule has 4 rings (SSSR count). The maximum Gasteiger partial charge on any atom is 0.256 e. The smallest absolute Gasteiger partial charge is 0.256 e. The minimum absolute atomic E-state index is 0.0192. The van der Waals surface area contributed by atoms with Gasteiger partial charge in [0.05, 0.1) is 6.54 Å². The van der Waals surface area contributed by atoms with Crippen LogP contribution in [0.1, 0.15) is 35.6 Å². The van der Waals surface area contributed by atoms with Crippen molar-refractivity contribution < 1.29 is 14.4 Å². The number of anilines is 2. The molecule has 0 spiro atoms. The molecule has 0 unspecified atom stereocenters. The highest BCUT2D eigenvalue weighted by Crippen LogP contribution is 2.32. The van der Waals surface area contributed by atoms with Gasteiger partial charge >= 0.3 is 0 Å². The number of hydrazine groups is 1. The van der Waals surface area contributed by atoms with Crippen molar-refractivity contribution >= 4 is 29.1 Å². The van der Waals surface area contributed by atoms with Crippen LogP contribution < -0.4 is 15.5 Å². The Labute approximate surface area is 219 Å². The highest BCUT2D eigenvalue weighted by Gasteiger charge is 2.27. The summed E-state index contributed by atoms with van der Waals surface area (Å²) >= 11 is 0. The first-order valence-electron chi connectivity index (χ1n) is 13.0. The third-order valence-corrected chi connectivity index (χ3v) is 7.30. The fraction of sp³-hybridized carbons (Fsp3) is 0.464. The normalized spacial score (nSPS) is 14.8. The molecule has 2 heterocycles. The summed E-state index contributed by atoms with van der Waals surface area (Å²) in [7, 11) is 3.57. The van der Waals surface area contributed by atoms with Crippen molar-refractivity contribution in [1.29, 1.82) is 0 Å². The summed E-state index contributed by atoms with van der Waals surface area (Å²) in [4.78, 5) is 41.8. The minimum Gasteiger partial charge on any atom is -0.376 e. The van der Waals surface area contributed by atoms with E-state index >= 15 is 0 Å². The molecule has 0 aromatic heterocycles. The lowest BCUT2D eigenvalue weighted by Crippen LogP contribution is -2.49. The lowest BCUT2D eigenvalue weighted by molar-refractivity contribution is -0.151. The number of rotatable bonds is 10. The van der Waals surface area contributed by atoms with E-state index in [1.54, 1.807) is 28.9 Å². The zero-order chi connectivity index (χ0) is 26.5. The second-order valence-electron chi connectivity index (χ2n) is 9.78. The van der Waals surface area contributed by atoms with Crippen molar-refractivity contribution in [2.45, 2.75) is 39.8 Å². The first kappa shape index (κ1) is 26.6. The lowest BCUT2D eigenvalue weighted by atomic mass is 9.98. The summed E-state index contributed by atoms with van der Waals surface area (Å²) in [5, 5.41) is 10.2. The van der Waals surface area contributed by atoms with Gasteiger partial charge in [-0.15, -0.1) is 0 Å². The van der Waals surface area contributed by atoms with Gasteiger partial charge in [0.15, 0.2) is 0 Å². The van der Waals surface area contributed by atoms with E-state index in [9.17, 15) is 14.4 Å². The summed E-state index contributed by atoms with van der Waals surface area (Å²) < 4.78 is 0. The largest absolute Gasteiger partial charge is 0.376 e. The van der Waals surface area contributed by atoms with Gasteiger partial charge in [-0.2, -0.15) is 0 Å². The molecule has 2 aromatic carbocycles. The second kappa shape index (κ2) is 11.7. The Bertz CT molecular complexity index is 1140. The van der Waals surface area contributed by atoms with Crippen LogP contribution in [0.3, 0.4) is 0 Å². The van der Waals surface area contributed by atoms with Crippen molar-refractivity contribution in [1.82, 2.24) is 20.2 Å². The average Bonchev–Trinajstić information content (AvgIpc) is 3.33. The van der Waals surface area contributed by atoms with Crippen molar-refractivity contribution in [3.05, 3.63) is 58.7 Å². The highest BCUT2D eigenvalue weighted by molar-refractivity contribution is 5.96. The number of nitrogens with zero attached hydrogens (tertiary/aromatic N) is 4. The Balaban J connectivity index is 1.39. The number of amides is 3. The Kier molecular flexibility index (Phi) is 8.45. The Morgan fingerprint density at radius 1 is 1.03 bits per heavy atom. The molecule has 0 aliphatic carbocycles. The molecule has 2 aliphatic heterocycles. The minimum atomic E-state index is -0.131. The fourth-order valence-electron chi connectivity index (χ4n) is 4.90. The number of likely N-dealkylation sites (N-methyl/N-ethyl adjacent to an activating group) is 2. The first-order chi connectivity index (χ1) is 17.8. The third-order valence-electron chi connectivity index (χ3n) is 7.30. The summed E-state index contributed by atoms with van der Waals surface area (Å²) in [5.41, 5.74) is 6.31. The summed E-state index contributed by atoms with van der Waals surface area (Å²) in [6.07, 6.45) is 1.18. The molecule has 3 amide bonds. The summed E-state index contributed by atoms with van der Waals surface area (Å²) in [6.45, 7) is 7.32. The van der Waals surface area contributed by atoms with Crippen LogP contribution in [0, 0.1) is 6.92 Å². The predicted molar refractivity (Wildman–Crippen MR) is 145 cm³/mol. The molecule has 0 saturated carbocycles. The molecule has 2 aromatic rings. The van der Waals surface area contributed by atoms with E-state index in [-0.39, 0.29) is 30.8 Å². The zero-order valence-corrected chi connectivity index (χ0v) is 22.3. The molecular weight excluding hydrogens is 468 g/mol. The fourth-order valence-corrected chi connectivity index (χ4v) is 4.90. The van der Waals surface area contributed by atoms with Gasteiger partial charge in [0.1, 0.15) is 6.54 Å². The van der Waals surface area contributed by atoms with Crippen molar-refractivity contribution in [3.63, 3.8) is 0 Å². The molecule has 0 radical (unpaired) electrons.